The summed E-state index contributed by atoms with van der Waals surface area (Å²) in [5.41, 5.74) is 8.51. The van der Waals surface area contributed by atoms with Crippen molar-refractivity contribution in [3.63, 3.8) is 0 Å². The molecule has 1 aliphatic rings. The smallest absolute Gasteiger partial charge is 0.0456 e. The Morgan fingerprint density at radius 3 is 2.79 bits per heavy atom. The zero-order chi connectivity index (χ0) is 10.1. The lowest BCUT2D eigenvalue weighted by atomic mass is 9.98. The molecule has 0 aliphatic heterocycles. The first kappa shape index (κ1) is 10.0. The van der Waals surface area contributed by atoms with Crippen molar-refractivity contribution in [2.75, 3.05) is 0 Å². The minimum absolute atomic E-state index is 0.121. The predicted octanol–water partition coefficient (Wildman–Crippen LogP) is 3.45. The van der Waals surface area contributed by atoms with Crippen molar-refractivity contribution in [3.8, 4) is 0 Å². The molecule has 76 valence electrons. The topological polar surface area (TPSA) is 26.0 Å². The fourth-order valence-electron chi connectivity index (χ4n) is 1.94. The number of aryl methyl sites for hydroxylation is 1. The molecule has 1 unspecified atom stereocenters. The minimum Gasteiger partial charge on any atom is -0.324 e. The van der Waals surface area contributed by atoms with Crippen molar-refractivity contribution in [2.24, 2.45) is 11.7 Å². The van der Waals surface area contributed by atoms with Crippen LogP contribution in [0.4, 0.5) is 0 Å². The lowest BCUT2D eigenvalue weighted by Gasteiger charge is -2.15. The summed E-state index contributed by atoms with van der Waals surface area (Å²) in [6, 6.07) is 6.10. The molecule has 2 heteroatoms. The number of halogens is 1. The van der Waals surface area contributed by atoms with Crippen LogP contribution in [0.5, 0.6) is 0 Å². The highest BCUT2D eigenvalue weighted by Gasteiger charge is 2.25. The molecule has 1 aliphatic carbocycles. The van der Waals surface area contributed by atoms with E-state index in [9.17, 15) is 0 Å². The zero-order valence-corrected chi connectivity index (χ0v) is 9.22. The average molecular weight is 210 g/mol. The van der Waals surface area contributed by atoms with E-state index in [1.807, 2.05) is 12.1 Å². The van der Waals surface area contributed by atoms with E-state index in [2.05, 4.69) is 13.0 Å². The molecule has 0 aromatic heterocycles. The van der Waals surface area contributed by atoms with Crippen molar-refractivity contribution < 1.29 is 0 Å². The molecule has 0 bridgehead atoms. The molecule has 0 amide bonds. The molecule has 0 saturated heterocycles. The fraction of sp³-hybridized carbons (Fsp3) is 0.500. The van der Waals surface area contributed by atoms with Gasteiger partial charge in [-0.05, 0) is 36.5 Å². The molecule has 1 aromatic rings. The standard InChI is InChI=1S/C12H16ClN/c1-8-3-2-4-10(13)12(8)11(14)7-9-5-6-9/h2-4,9,11H,5-7,14H2,1H3. The van der Waals surface area contributed by atoms with Crippen LogP contribution in [0, 0.1) is 12.8 Å². The van der Waals surface area contributed by atoms with Gasteiger partial charge in [0.25, 0.3) is 0 Å². The third-order valence-electron chi connectivity index (χ3n) is 2.93. The summed E-state index contributed by atoms with van der Waals surface area (Å²) in [4.78, 5) is 0. The normalized spacial score (nSPS) is 18.2. The van der Waals surface area contributed by atoms with Gasteiger partial charge >= 0.3 is 0 Å². The first-order valence-electron chi connectivity index (χ1n) is 5.19. The van der Waals surface area contributed by atoms with Crippen LogP contribution < -0.4 is 5.73 Å². The quantitative estimate of drug-likeness (QED) is 0.811. The van der Waals surface area contributed by atoms with Gasteiger partial charge in [0.05, 0.1) is 0 Å². The van der Waals surface area contributed by atoms with E-state index in [1.54, 1.807) is 0 Å². The van der Waals surface area contributed by atoms with E-state index in [4.69, 9.17) is 17.3 Å². The summed E-state index contributed by atoms with van der Waals surface area (Å²) in [6.07, 6.45) is 3.78. The first-order valence-corrected chi connectivity index (χ1v) is 5.57. The average Bonchev–Trinajstić information content (AvgIpc) is 2.87. The number of benzene rings is 1. The molecule has 2 N–H and O–H groups in total. The van der Waals surface area contributed by atoms with Crippen LogP contribution in [0.25, 0.3) is 0 Å². The van der Waals surface area contributed by atoms with Gasteiger partial charge in [-0.1, -0.05) is 36.6 Å². The van der Waals surface area contributed by atoms with Gasteiger partial charge in [-0.25, -0.2) is 0 Å². The summed E-state index contributed by atoms with van der Waals surface area (Å²) in [5.74, 6) is 0.848. The molecule has 0 heterocycles. The number of hydrogen-bond donors (Lipinski definition) is 1. The Morgan fingerprint density at radius 2 is 2.21 bits per heavy atom. The van der Waals surface area contributed by atoms with Gasteiger partial charge in [0.1, 0.15) is 0 Å². The van der Waals surface area contributed by atoms with Crippen LogP contribution in [0.3, 0.4) is 0 Å². The Morgan fingerprint density at radius 1 is 1.50 bits per heavy atom. The van der Waals surface area contributed by atoms with Crippen molar-refractivity contribution in [2.45, 2.75) is 32.2 Å². The van der Waals surface area contributed by atoms with Crippen LogP contribution in [-0.4, -0.2) is 0 Å². The lowest BCUT2D eigenvalue weighted by molar-refractivity contribution is 0.594. The van der Waals surface area contributed by atoms with Gasteiger partial charge in [0.15, 0.2) is 0 Å². The second kappa shape index (κ2) is 3.92. The molecule has 0 radical (unpaired) electrons. The van der Waals surface area contributed by atoms with Gasteiger partial charge in [0.2, 0.25) is 0 Å². The summed E-state index contributed by atoms with van der Waals surface area (Å²) >= 11 is 6.15. The Hall–Kier alpha value is -0.530. The highest BCUT2D eigenvalue weighted by atomic mass is 35.5. The summed E-state index contributed by atoms with van der Waals surface area (Å²) < 4.78 is 0. The first-order chi connectivity index (χ1) is 6.68. The maximum absolute atomic E-state index is 6.15. The van der Waals surface area contributed by atoms with E-state index in [-0.39, 0.29) is 6.04 Å². The summed E-state index contributed by atoms with van der Waals surface area (Å²) in [6.45, 7) is 2.08. The SMILES string of the molecule is Cc1cccc(Cl)c1C(N)CC1CC1. The number of rotatable bonds is 3. The molecular formula is C12H16ClN. The zero-order valence-electron chi connectivity index (χ0n) is 8.46. The Labute approximate surface area is 90.3 Å². The van der Waals surface area contributed by atoms with Crippen LogP contribution in [0.1, 0.15) is 36.4 Å². The monoisotopic (exact) mass is 209 g/mol. The molecule has 1 atom stereocenters. The van der Waals surface area contributed by atoms with E-state index < -0.39 is 0 Å². The van der Waals surface area contributed by atoms with Gasteiger partial charge in [0, 0.05) is 11.1 Å². The van der Waals surface area contributed by atoms with Crippen molar-refractivity contribution in [3.05, 3.63) is 34.3 Å². The van der Waals surface area contributed by atoms with Gasteiger partial charge in [-0.15, -0.1) is 0 Å². The largest absolute Gasteiger partial charge is 0.324 e. The third kappa shape index (κ3) is 2.10. The highest BCUT2D eigenvalue weighted by Crippen LogP contribution is 2.38. The predicted molar refractivity (Wildman–Crippen MR) is 60.5 cm³/mol. The van der Waals surface area contributed by atoms with Crippen LogP contribution in [0.2, 0.25) is 5.02 Å². The molecule has 0 spiro atoms. The molecular weight excluding hydrogens is 194 g/mol. The third-order valence-corrected chi connectivity index (χ3v) is 3.26. The molecule has 1 saturated carbocycles. The molecule has 1 nitrogen and oxygen atoms in total. The number of hydrogen-bond acceptors (Lipinski definition) is 1. The van der Waals surface area contributed by atoms with Crippen molar-refractivity contribution >= 4 is 11.6 Å². The van der Waals surface area contributed by atoms with Crippen molar-refractivity contribution in [1.82, 2.24) is 0 Å². The fourth-order valence-corrected chi connectivity index (χ4v) is 2.31. The van der Waals surface area contributed by atoms with Crippen LogP contribution in [-0.2, 0) is 0 Å². The second-order valence-electron chi connectivity index (χ2n) is 4.26. The number of nitrogens with two attached hydrogens (primary N) is 1. The summed E-state index contributed by atoms with van der Waals surface area (Å²) in [5, 5.41) is 0.818. The van der Waals surface area contributed by atoms with Gasteiger partial charge < -0.3 is 5.73 Å². The Bertz CT molecular complexity index is 311. The lowest BCUT2D eigenvalue weighted by Crippen LogP contribution is -2.13. The molecule has 2 rings (SSSR count). The molecule has 1 fully saturated rings. The van der Waals surface area contributed by atoms with Crippen molar-refractivity contribution in [1.29, 1.82) is 0 Å². The highest BCUT2D eigenvalue weighted by molar-refractivity contribution is 6.31. The molecule has 1 aromatic carbocycles. The van der Waals surface area contributed by atoms with Gasteiger partial charge in [-0.2, -0.15) is 0 Å². The van der Waals surface area contributed by atoms with Crippen LogP contribution >= 0.6 is 11.6 Å². The molecule has 14 heavy (non-hydrogen) atoms. The van der Waals surface area contributed by atoms with E-state index in [0.717, 1.165) is 22.9 Å². The Balaban J connectivity index is 2.19. The van der Waals surface area contributed by atoms with E-state index in [1.165, 1.54) is 18.4 Å². The van der Waals surface area contributed by atoms with E-state index >= 15 is 0 Å². The van der Waals surface area contributed by atoms with Crippen LogP contribution in [0.15, 0.2) is 18.2 Å². The summed E-state index contributed by atoms with van der Waals surface area (Å²) in [7, 11) is 0. The van der Waals surface area contributed by atoms with Gasteiger partial charge in [-0.3, -0.25) is 0 Å². The minimum atomic E-state index is 0.121. The maximum atomic E-state index is 6.15. The maximum Gasteiger partial charge on any atom is 0.0456 e. The van der Waals surface area contributed by atoms with E-state index in [0.29, 0.717) is 0 Å². The second-order valence-corrected chi connectivity index (χ2v) is 4.66. The Kier molecular flexibility index (Phi) is 2.80.